The van der Waals surface area contributed by atoms with Crippen molar-refractivity contribution in [1.82, 2.24) is 5.32 Å². The van der Waals surface area contributed by atoms with Gasteiger partial charge >= 0.3 is 12.1 Å². The monoisotopic (exact) mass is 545 g/mol. The van der Waals surface area contributed by atoms with Crippen molar-refractivity contribution in [2.75, 3.05) is 34.0 Å². The van der Waals surface area contributed by atoms with Crippen LogP contribution in [0.3, 0.4) is 0 Å². The van der Waals surface area contributed by atoms with Gasteiger partial charge in [0.1, 0.15) is 17.1 Å². The highest BCUT2D eigenvalue weighted by Crippen LogP contribution is 2.42. The van der Waals surface area contributed by atoms with E-state index >= 15 is 0 Å². The molecule has 0 aromatic heterocycles. The van der Waals surface area contributed by atoms with Crippen molar-refractivity contribution in [1.29, 1.82) is 0 Å². The Morgan fingerprint density at radius 1 is 0.821 bits per heavy atom. The lowest BCUT2D eigenvalue weighted by Crippen LogP contribution is -2.37. The molecule has 3 aromatic carbocycles. The summed E-state index contributed by atoms with van der Waals surface area (Å²) < 4.78 is 54.6. The van der Waals surface area contributed by atoms with Gasteiger partial charge in [0, 0.05) is 19.1 Å². The molecule has 2 N–H and O–H groups in total. The topological polar surface area (TPSA) is 77.0 Å². The minimum absolute atomic E-state index is 0.0942. The van der Waals surface area contributed by atoms with E-state index in [9.17, 15) is 23.1 Å². The molecule has 210 valence electrons. The third-order valence-corrected chi connectivity index (χ3v) is 6.55. The summed E-state index contributed by atoms with van der Waals surface area (Å²) in [7, 11) is 3.19. The highest BCUT2D eigenvalue weighted by atomic mass is 19.4. The first kappa shape index (κ1) is 30.0. The number of alkyl halides is 3. The Balaban J connectivity index is 1.86. The molecule has 0 spiro atoms. The number of carbonyl (C=O) groups excluding carboxylic acids is 1. The van der Waals surface area contributed by atoms with E-state index in [0.717, 1.165) is 16.7 Å². The van der Waals surface area contributed by atoms with Gasteiger partial charge in [-0.05, 0) is 53.8 Å². The van der Waals surface area contributed by atoms with E-state index in [2.05, 4.69) is 0 Å². The number of benzene rings is 3. The van der Waals surface area contributed by atoms with Crippen LogP contribution in [0.15, 0.2) is 78.9 Å². The normalized spacial score (nSPS) is 12.6. The molecule has 0 saturated carbocycles. The van der Waals surface area contributed by atoms with Gasteiger partial charge in [-0.15, -0.1) is 0 Å². The fourth-order valence-corrected chi connectivity index (χ4v) is 4.40. The van der Waals surface area contributed by atoms with Crippen molar-refractivity contribution in [2.45, 2.75) is 31.0 Å². The molecule has 0 fully saturated rings. The van der Waals surface area contributed by atoms with Crippen LogP contribution in [-0.4, -0.2) is 51.2 Å². The number of hydrogen-bond acceptors (Lipinski definition) is 5. The van der Waals surface area contributed by atoms with Crippen LogP contribution < -0.4 is 14.8 Å². The molecule has 0 heterocycles. The predicted octanol–water partition coefficient (Wildman–Crippen LogP) is 5.47. The zero-order valence-electron chi connectivity index (χ0n) is 22.0. The quantitative estimate of drug-likeness (QED) is 0.208. The summed E-state index contributed by atoms with van der Waals surface area (Å²) >= 11 is 0. The molecule has 0 saturated heterocycles. The predicted molar refractivity (Wildman–Crippen MR) is 142 cm³/mol. The number of amides is 1. The number of aliphatic hydroxyl groups is 1. The number of carbonyl (C=O) groups is 1. The first-order valence-electron chi connectivity index (χ1n) is 12.7. The van der Waals surface area contributed by atoms with E-state index in [1.54, 1.807) is 14.2 Å². The molecule has 6 nitrogen and oxygen atoms in total. The molecule has 3 rings (SSSR count). The number of aliphatic hydroxyl groups excluding tert-OH is 1. The average Bonchev–Trinajstić information content (AvgIpc) is 2.96. The summed E-state index contributed by atoms with van der Waals surface area (Å²) in [6.07, 6.45) is -3.53. The van der Waals surface area contributed by atoms with E-state index in [1.807, 2.05) is 84.2 Å². The highest BCUT2D eigenvalue weighted by molar-refractivity contribution is 5.81. The van der Waals surface area contributed by atoms with E-state index in [0.29, 0.717) is 30.8 Å². The molecule has 1 amide bonds. The Labute approximate surface area is 226 Å². The molecule has 1 atom stereocenters. The molecule has 9 heteroatoms. The van der Waals surface area contributed by atoms with Gasteiger partial charge in [0.05, 0.1) is 20.8 Å². The zero-order valence-corrected chi connectivity index (χ0v) is 22.0. The van der Waals surface area contributed by atoms with Crippen molar-refractivity contribution in [3.63, 3.8) is 0 Å². The Hall–Kier alpha value is -3.56. The lowest BCUT2D eigenvalue weighted by atomic mass is 9.79. The van der Waals surface area contributed by atoms with Crippen LogP contribution in [-0.2, 0) is 15.1 Å². The molecular formula is C30H34F3NO5. The van der Waals surface area contributed by atoms with Gasteiger partial charge in [0.25, 0.3) is 0 Å². The van der Waals surface area contributed by atoms with E-state index in [4.69, 9.17) is 14.2 Å². The molecule has 0 bridgehead atoms. The van der Waals surface area contributed by atoms with Crippen molar-refractivity contribution in [3.8, 4) is 11.5 Å². The standard InChI is InChI=1S/C30H34F3NO5/c1-37-26-15-11-24(12-16-26)29(23-9-4-3-5-10-23,25-13-17-27(38-2)18-14-25)39-21-22(20-35)8-6-7-19-34-28(36)30(31,32)33/h3-5,9-18,22,35H,6-8,19-21H2,1-2H3,(H,34,36). The SMILES string of the molecule is COc1ccc(C(OCC(CO)CCCCNC(=O)C(F)(F)F)(c2ccccc2)c2ccc(OC)cc2)cc1. The number of ether oxygens (including phenoxy) is 3. The largest absolute Gasteiger partial charge is 0.497 e. The molecule has 0 radical (unpaired) electrons. The van der Waals surface area contributed by atoms with Crippen LogP contribution in [0, 0.1) is 5.92 Å². The summed E-state index contributed by atoms with van der Waals surface area (Å²) in [6, 6.07) is 24.9. The Bertz CT molecular complexity index is 1100. The lowest BCUT2D eigenvalue weighted by molar-refractivity contribution is -0.173. The maximum absolute atomic E-state index is 12.4. The van der Waals surface area contributed by atoms with Crippen molar-refractivity contribution in [2.24, 2.45) is 5.92 Å². The fraction of sp³-hybridized carbons (Fsp3) is 0.367. The Morgan fingerprint density at radius 3 is 1.79 bits per heavy atom. The first-order valence-corrected chi connectivity index (χ1v) is 12.7. The van der Waals surface area contributed by atoms with Crippen LogP contribution in [0.4, 0.5) is 13.2 Å². The summed E-state index contributed by atoms with van der Waals surface area (Å²) in [4.78, 5) is 11.0. The number of halogens is 3. The molecular weight excluding hydrogens is 511 g/mol. The number of rotatable bonds is 14. The molecule has 0 aliphatic carbocycles. The van der Waals surface area contributed by atoms with Crippen LogP contribution in [0.5, 0.6) is 11.5 Å². The number of hydrogen-bond donors (Lipinski definition) is 2. The lowest BCUT2D eigenvalue weighted by Gasteiger charge is -2.37. The maximum atomic E-state index is 12.4. The fourth-order valence-electron chi connectivity index (χ4n) is 4.40. The summed E-state index contributed by atoms with van der Waals surface area (Å²) in [6.45, 7) is -0.0770. The molecule has 3 aromatic rings. The number of nitrogens with one attached hydrogen (secondary N) is 1. The third kappa shape index (κ3) is 7.74. The maximum Gasteiger partial charge on any atom is 0.471 e. The van der Waals surface area contributed by atoms with Gasteiger partial charge in [0.15, 0.2) is 0 Å². The summed E-state index contributed by atoms with van der Waals surface area (Å²) in [5.41, 5.74) is 1.55. The minimum Gasteiger partial charge on any atom is -0.497 e. The van der Waals surface area contributed by atoms with Crippen LogP contribution in [0.2, 0.25) is 0 Å². The van der Waals surface area contributed by atoms with Crippen molar-refractivity contribution >= 4 is 5.91 Å². The van der Waals surface area contributed by atoms with Gasteiger partial charge in [-0.2, -0.15) is 13.2 Å². The van der Waals surface area contributed by atoms with E-state index in [1.165, 1.54) is 0 Å². The Morgan fingerprint density at radius 2 is 1.33 bits per heavy atom. The third-order valence-electron chi connectivity index (χ3n) is 6.55. The van der Waals surface area contributed by atoms with Crippen molar-refractivity contribution < 1.29 is 37.3 Å². The van der Waals surface area contributed by atoms with E-state index < -0.39 is 17.7 Å². The van der Waals surface area contributed by atoms with Gasteiger partial charge in [-0.3, -0.25) is 4.79 Å². The van der Waals surface area contributed by atoms with Crippen LogP contribution in [0.25, 0.3) is 0 Å². The second-order valence-corrected chi connectivity index (χ2v) is 9.11. The van der Waals surface area contributed by atoms with Crippen LogP contribution in [0.1, 0.15) is 36.0 Å². The van der Waals surface area contributed by atoms with Gasteiger partial charge in [0.2, 0.25) is 0 Å². The van der Waals surface area contributed by atoms with Gasteiger partial charge in [-0.25, -0.2) is 0 Å². The minimum atomic E-state index is -4.90. The summed E-state index contributed by atoms with van der Waals surface area (Å²) in [5, 5.41) is 12.0. The smallest absolute Gasteiger partial charge is 0.471 e. The number of methoxy groups -OCH3 is 2. The Kier molecular flexibility index (Phi) is 10.8. The molecule has 39 heavy (non-hydrogen) atoms. The zero-order chi connectivity index (χ0) is 28.3. The second-order valence-electron chi connectivity index (χ2n) is 9.11. The van der Waals surface area contributed by atoms with E-state index in [-0.39, 0.29) is 25.7 Å². The first-order chi connectivity index (χ1) is 18.7. The second kappa shape index (κ2) is 14.0. The van der Waals surface area contributed by atoms with Crippen LogP contribution >= 0.6 is 0 Å². The molecule has 0 aliphatic rings. The van der Waals surface area contributed by atoms with Crippen molar-refractivity contribution in [3.05, 3.63) is 95.6 Å². The highest BCUT2D eigenvalue weighted by Gasteiger charge is 2.39. The molecule has 0 aliphatic heterocycles. The van der Waals surface area contributed by atoms with Gasteiger partial charge < -0.3 is 24.6 Å². The average molecular weight is 546 g/mol. The summed E-state index contributed by atoms with van der Waals surface area (Å²) in [5.74, 6) is -0.832. The van der Waals surface area contributed by atoms with Gasteiger partial charge in [-0.1, -0.05) is 61.0 Å². The molecule has 1 unspecified atom stereocenters. The number of unbranched alkanes of at least 4 members (excludes halogenated alkanes) is 1.